The Labute approximate surface area is 147 Å². The number of nitrogens with zero attached hydrogens (tertiary/aromatic N) is 6. The third-order valence-corrected chi connectivity index (χ3v) is 5.87. The van der Waals surface area contributed by atoms with Crippen molar-refractivity contribution in [1.29, 1.82) is 0 Å². The van der Waals surface area contributed by atoms with Gasteiger partial charge in [-0.25, -0.2) is 0 Å². The number of fused-ring (bicyclic) bond motifs is 1. The van der Waals surface area contributed by atoms with Gasteiger partial charge < -0.3 is 9.80 Å². The SMILES string of the molecule is O=C(C1CCCC1)N1CCN(c2cnn3c(C4CC4)nnc3c2)CC1. The van der Waals surface area contributed by atoms with Gasteiger partial charge in [0.05, 0.1) is 11.9 Å². The maximum atomic E-state index is 12.6. The molecule has 0 atom stereocenters. The van der Waals surface area contributed by atoms with E-state index < -0.39 is 0 Å². The summed E-state index contributed by atoms with van der Waals surface area (Å²) in [6.07, 6.45) is 8.89. The second-order valence-corrected chi connectivity index (χ2v) is 7.61. The van der Waals surface area contributed by atoms with E-state index in [0.29, 0.717) is 11.8 Å². The number of carbonyl (C=O) groups excluding carboxylic acids is 1. The molecule has 2 aromatic heterocycles. The molecule has 2 aliphatic carbocycles. The second kappa shape index (κ2) is 5.97. The lowest BCUT2D eigenvalue weighted by Crippen LogP contribution is -2.50. The van der Waals surface area contributed by atoms with E-state index in [9.17, 15) is 4.79 Å². The summed E-state index contributed by atoms with van der Waals surface area (Å²) in [5.41, 5.74) is 1.90. The number of aromatic nitrogens is 4. The Morgan fingerprint density at radius 1 is 1.00 bits per heavy atom. The average Bonchev–Trinajstić information content (AvgIpc) is 3.19. The van der Waals surface area contributed by atoms with Gasteiger partial charge in [-0.3, -0.25) is 4.79 Å². The van der Waals surface area contributed by atoms with Crippen LogP contribution in [0.5, 0.6) is 0 Å². The van der Waals surface area contributed by atoms with Crippen molar-refractivity contribution in [3.63, 3.8) is 0 Å². The molecule has 0 aromatic carbocycles. The van der Waals surface area contributed by atoms with E-state index in [1.54, 1.807) is 0 Å². The fourth-order valence-corrected chi connectivity index (χ4v) is 4.18. The van der Waals surface area contributed by atoms with Crippen LogP contribution in [0.4, 0.5) is 5.69 Å². The van der Waals surface area contributed by atoms with Crippen LogP contribution in [0.1, 0.15) is 50.3 Å². The number of rotatable bonds is 3. The lowest BCUT2D eigenvalue weighted by Gasteiger charge is -2.37. The summed E-state index contributed by atoms with van der Waals surface area (Å²) >= 11 is 0. The van der Waals surface area contributed by atoms with Gasteiger partial charge in [-0.2, -0.15) is 9.61 Å². The third kappa shape index (κ3) is 2.75. The monoisotopic (exact) mass is 340 g/mol. The summed E-state index contributed by atoms with van der Waals surface area (Å²) in [5.74, 6) is 2.19. The molecule has 0 unspecified atom stereocenters. The topological polar surface area (TPSA) is 66.6 Å². The quantitative estimate of drug-likeness (QED) is 0.853. The largest absolute Gasteiger partial charge is 0.367 e. The normalized spacial score (nSPS) is 22.1. The second-order valence-electron chi connectivity index (χ2n) is 7.61. The first-order valence-corrected chi connectivity index (χ1v) is 9.55. The Kier molecular flexibility index (Phi) is 3.60. The van der Waals surface area contributed by atoms with Crippen molar-refractivity contribution in [2.75, 3.05) is 31.1 Å². The summed E-state index contributed by atoms with van der Waals surface area (Å²) in [6.45, 7) is 3.33. The van der Waals surface area contributed by atoms with Crippen LogP contribution in [0.25, 0.3) is 5.65 Å². The summed E-state index contributed by atoms with van der Waals surface area (Å²) in [6, 6.07) is 2.07. The van der Waals surface area contributed by atoms with Crippen LogP contribution < -0.4 is 4.90 Å². The Hall–Kier alpha value is -2.18. The van der Waals surface area contributed by atoms with Gasteiger partial charge in [0.2, 0.25) is 5.91 Å². The molecule has 0 spiro atoms. The maximum absolute atomic E-state index is 12.6. The number of amides is 1. The fourth-order valence-electron chi connectivity index (χ4n) is 4.18. The van der Waals surface area contributed by atoms with Gasteiger partial charge in [0.25, 0.3) is 0 Å². The minimum Gasteiger partial charge on any atom is -0.367 e. The van der Waals surface area contributed by atoms with Gasteiger partial charge in [0, 0.05) is 44.1 Å². The number of anilines is 1. The molecule has 1 saturated heterocycles. The number of hydrogen-bond donors (Lipinski definition) is 0. The van der Waals surface area contributed by atoms with E-state index in [4.69, 9.17) is 0 Å². The first kappa shape index (κ1) is 15.1. The summed E-state index contributed by atoms with van der Waals surface area (Å²) in [7, 11) is 0. The van der Waals surface area contributed by atoms with Crippen LogP contribution in [0, 0.1) is 5.92 Å². The first-order chi connectivity index (χ1) is 12.3. The van der Waals surface area contributed by atoms with Gasteiger partial charge >= 0.3 is 0 Å². The van der Waals surface area contributed by atoms with Crippen molar-refractivity contribution in [2.45, 2.75) is 44.4 Å². The van der Waals surface area contributed by atoms with Crippen molar-refractivity contribution in [1.82, 2.24) is 24.7 Å². The molecular weight excluding hydrogens is 316 g/mol. The Morgan fingerprint density at radius 2 is 1.76 bits per heavy atom. The fraction of sp³-hybridized carbons (Fsp3) is 0.667. The van der Waals surface area contributed by atoms with E-state index in [1.165, 1.54) is 25.7 Å². The minimum atomic E-state index is 0.279. The van der Waals surface area contributed by atoms with Crippen LogP contribution in [0.15, 0.2) is 12.3 Å². The van der Waals surface area contributed by atoms with Crippen molar-refractivity contribution in [2.24, 2.45) is 5.92 Å². The maximum Gasteiger partial charge on any atom is 0.225 e. The lowest BCUT2D eigenvalue weighted by atomic mass is 10.1. The lowest BCUT2D eigenvalue weighted by molar-refractivity contribution is -0.135. The molecule has 1 amide bonds. The number of hydrogen-bond acceptors (Lipinski definition) is 5. The zero-order valence-electron chi connectivity index (χ0n) is 14.5. The molecule has 1 aliphatic heterocycles. The van der Waals surface area contributed by atoms with E-state index in [-0.39, 0.29) is 5.92 Å². The average molecular weight is 340 g/mol. The first-order valence-electron chi connectivity index (χ1n) is 9.55. The van der Waals surface area contributed by atoms with Crippen molar-refractivity contribution in [3.05, 3.63) is 18.1 Å². The molecule has 0 radical (unpaired) electrons. The third-order valence-electron chi connectivity index (χ3n) is 5.87. The standard InChI is InChI=1S/C18H24N6O/c25-18(14-3-1-2-4-14)23-9-7-22(8-10-23)15-11-16-20-21-17(13-5-6-13)24(16)19-12-15/h11-14H,1-10H2. The van der Waals surface area contributed by atoms with Crippen LogP contribution in [0.2, 0.25) is 0 Å². The van der Waals surface area contributed by atoms with E-state index in [0.717, 1.165) is 56.2 Å². The molecule has 3 aliphatic rings. The van der Waals surface area contributed by atoms with Crippen LogP contribution >= 0.6 is 0 Å². The van der Waals surface area contributed by atoms with Crippen molar-refractivity contribution in [3.8, 4) is 0 Å². The Balaban J connectivity index is 1.27. The molecule has 3 fully saturated rings. The molecule has 7 nitrogen and oxygen atoms in total. The molecule has 132 valence electrons. The molecule has 0 bridgehead atoms. The highest BCUT2D eigenvalue weighted by Gasteiger charge is 2.31. The van der Waals surface area contributed by atoms with Gasteiger partial charge in [-0.05, 0) is 25.7 Å². The summed E-state index contributed by atoms with van der Waals surface area (Å²) < 4.78 is 1.88. The highest BCUT2D eigenvalue weighted by Crippen LogP contribution is 2.38. The molecule has 2 aromatic rings. The van der Waals surface area contributed by atoms with Crippen LogP contribution in [0.3, 0.4) is 0 Å². The van der Waals surface area contributed by atoms with Crippen LogP contribution in [-0.4, -0.2) is 56.8 Å². The van der Waals surface area contributed by atoms with E-state index in [2.05, 4.69) is 31.2 Å². The zero-order valence-corrected chi connectivity index (χ0v) is 14.5. The number of piperazine rings is 1. The van der Waals surface area contributed by atoms with Crippen molar-refractivity contribution < 1.29 is 4.79 Å². The Morgan fingerprint density at radius 3 is 2.48 bits per heavy atom. The van der Waals surface area contributed by atoms with Gasteiger partial charge in [0.15, 0.2) is 11.5 Å². The Bertz CT molecular complexity index is 784. The number of carbonyl (C=O) groups is 1. The smallest absolute Gasteiger partial charge is 0.225 e. The van der Waals surface area contributed by atoms with Gasteiger partial charge in [0.1, 0.15) is 0 Å². The predicted molar refractivity (Wildman–Crippen MR) is 93.5 cm³/mol. The summed E-state index contributed by atoms with van der Waals surface area (Å²) in [5, 5.41) is 13.2. The molecule has 7 heteroatoms. The highest BCUT2D eigenvalue weighted by atomic mass is 16.2. The zero-order chi connectivity index (χ0) is 16.8. The molecular formula is C18H24N6O. The highest BCUT2D eigenvalue weighted by molar-refractivity contribution is 5.79. The van der Waals surface area contributed by atoms with E-state index in [1.807, 2.05) is 10.7 Å². The van der Waals surface area contributed by atoms with Gasteiger partial charge in [-0.1, -0.05) is 12.8 Å². The molecule has 25 heavy (non-hydrogen) atoms. The van der Waals surface area contributed by atoms with Crippen molar-refractivity contribution >= 4 is 17.2 Å². The molecule has 3 heterocycles. The molecule has 2 saturated carbocycles. The minimum absolute atomic E-state index is 0.279. The van der Waals surface area contributed by atoms with E-state index >= 15 is 0 Å². The molecule has 0 N–H and O–H groups in total. The van der Waals surface area contributed by atoms with Crippen LogP contribution in [-0.2, 0) is 4.79 Å². The summed E-state index contributed by atoms with van der Waals surface area (Å²) in [4.78, 5) is 16.9. The predicted octanol–water partition coefficient (Wildman–Crippen LogP) is 1.84. The van der Waals surface area contributed by atoms with Gasteiger partial charge in [-0.15, -0.1) is 10.2 Å². The molecule has 5 rings (SSSR count).